The van der Waals surface area contributed by atoms with Gasteiger partial charge >= 0.3 is 0 Å². The number of benzene rings is 1. The fourth-order valence-electron chi connectivity index (χ4n) is 2.58. The van der Waals surface area contributed by atoms with E-state index in [0.717, 1.165) is 13.0 Å². The Morgan fingerprint density at radius 3 is 2.78 bits per heavy atom. The molecular formula is C18H19N3O2. The van der Waals surface area contributed by atoms with Gasteiger partial charge in [0, 0.05) is 49.7 Å². The first-order valence-corrected chi connectivity index (χ1v) is 7.64. The Bertz CT molecular complexity index is 892. The zero-order valence-electron chi connectivity index (χ0n) is 13.0. The summed E-state index contributed by atoms with van der Waals surface area (Å²) in [7, 11) is 1.66. The average Bonchev–Trinajstić information content (AvgIpc) is 2.97. The second-order valence-corrected chi connectivity index (χ2v) is 5.54. The maximum absolute atomic E-state index is 12.0. The van der Waals surface area contributed by atoms with Gasteiger partial charge < -0.3 is 14.5 Å². The van der Waals surface area contributed by atoms with E-state index in [9.17, 15) is 9.59 Å². The third-order valence-corrected chi connectivity index (χ3v) is 3.91. The predicted molar refractivity (Wildman–Crippen MR) is 90.6 cm³/mol. The molecule has 1 aromatic carbocycles. The van der Waals surface area contributed by atoms with E-state index in [1.807, 2.05) is 12.1 Å². The second kappa shape index (κ2) is 6.52. The van der Waals surface area contributed by atoms with Crippen molar-refractivity contribution in [1.29, 1.82) is 0 Å². The minimum absolute atomic E-state index is 0.184. The number of rotatable bonds is 5. The van der Waals surface area contributed by atoms with Gasteiger partial charge in [-0.15, -0.1) is 0 Å². The highest BCUT2D eigenvalue weighted by Crippen LogP contribution is 2.15. The number of carbonyl (C=O) groups is 1. The van der Waals surface area contributed by atoms with Crippen LogP contribution < -0.4 is 10.9 Å². The number of fused-ring (bicyclic) bond motifs is 1. The topological polar surface area (TPSA) is 56.0 Å². The maximum Gasteiger partial charge on any atom is 0.251 e. The van der Waals surface area contributed by atoms with Gasteiger partial charge in [-0.25, -0.2) is 0 Å². The Labute approximate surface area is 134 Å². The lowest BCUT2D eigenvalue weighted by atomic mass is 10.2. The van der Waals surface area contributed by atoms with E-state index in [0.29, 0.717) is 12.1 Å². The SMILES string of the molecule is Cn1ccc(C(=O)NCCCn2ccc3ccccc32)cc1=O. The molecule has 0 saturated carbocycles. The average molecular weight is 309 g/mol. The lowest BCUT2D eigenvalue weighted by Crippen LogP contribution is -2.27. The van der Waals surface area contributed by atoms with Gasteiger partial charge in [0.05, 0.1) is 0 Å². The number of amides is 1. The largest absolute Gasteiger partial charge is 0.352 e. The Morgan fingerprint density at radius 2 is 1.96 bits per heavy atom. The highest BCUT2D eigenvalue weighted by molar-refractivity contribution is 5.93. The molecule has 0 unspecified atom stereocenters. The van der Waals surface area contributed by atoms with Crippen molar-refractivity contribution in [3.63, 3.8) is 0 Å². The minimum Gasteiger partial charge on any atom is -0.352 e. The highest BCUT2D eigenvalue weighted by Gasteiger charge is 2.06. The van der Waals surface area contributed by atoms with Crippen molar-refractivity contribution in [2.75, 3.05) is 6.54 Å². The molecule has 2 aromatic heterocycles. The molecule has 0 aliphatic rings. The molecule has 0 fully saturated rings. The van der Waals surface area contributed by atoms with E-state index in [1.165, 1.54) is 21.5 Å². The van der Waals surface area contributed by atoms with Crippen molar-refractivity contribution in [2.24, 2.45) is 7.05 Å². The van der Waals surface area contributed by atoms with Crippen LogP contribution in [0.25, 0.3) is 10.9 Å². The van der Waals surface area contributed by atoms with Gasteiger partial charge in [0.1, 0.15) is 0 Å². The van der Waals surface area contributed by atoms with Crippen molar-refractivity contribution in [3.05, 3.63) is 70.8 Å². The molecule has 2 heterocycles. The van der Waals surface area contributed by atoms with E-state index in [1.54, 1.807) is 19.3 Å². The van der Waals surface area contributed by atoms with E-state index in [2.05, 4.69) is 34.3 Å². The zero-order valence-corrected chi connectivity index (χ0v) is 13.0. The molecule has 1 amide bonds. The highest BCUT2D eigenvalue weighted by atomic mass is 16.2. The Hall–Kier alpha value is -2.82. The van der Waals surface area contributed by atoms with Crippen LogP contribution in [0.2, 0.25) is 0 Å². The summed E-state index contributed by atoms with van der Waals surface area (Å²) < 4.78 is 3.62. The summed E-state index contributed by atoms with van der Waals surface area (Å²) >= 11 is 0. The van der Waals surface area contributed by atoms with E-state index >= 15 is 0 Å². The minimum atomic E-state index is -0.208. The fraction of sp³-hybridized carbons (Fsp3) is 0.222. The zero-order chi connectivity index (χ0) is 16.2. The van der Waals surface area contributed by atoms with E-state index in [-0.39, 0.29) is 11.5 Å². The van der Waals surface area contributed by atoms with Crippen LogP contribution in [0.5, 0.6) is 0 Å². The Morgan fingerprint density at radius 1 is 1.13 bits per heavy atom. The smallest absolute Gasteiger partial charge is 0.251 e. The Balaban J connectivity index is 1.54. The summed E-state index contributed by atoms with van der Waals surface area (Å²) in [6, 6.07) is 13.3. The Kier molecular flexibility index (Phi) is 4.28. The van der Waals surface area contributed by atoms with E-state index < -0.39 is 0 Å². The van der Waals surface area contributed by atoms with Crippen LogP contribution in [-0.4, -0.2) is 21.6 Å². The van der Waals surface area contributed by atoms with Gasteiger partial charge in [0.25, 0.3) is 11.5 Å². The first-order chi connectivity index (χ1) is 11.1. The molecule has 0 radical (unpaired) electrons. The molecule has 0 spiro atoms. The number of aryl methyl sites for hydroxylation is 2. The molecule has 3 aromatic rings. The lowest BCUT2D eigenvalue weighted by molar-refractivity contribution is 0.0952. The molecule has 118 valence electrons. The summed E-state index contributed by atoms with van der Waals surface area (Å²) in [5, 5.41) is 4.07. The predicted octanol–water partition coefficient (Wildman–Crippen LogP) is 2.16. The van der Waals surface area contributed by atoms with Crippen LogP contribution >= 0.6 is 0 Å². The quantitative estimate of drug-likeness (QED) is 0.734. The summed E-state index contributed by atoms with van der Waals surface area (Å²) in [6.07, 6.45) is 4.49. The summed E-state index contributed by atoms with van der Waals surface area (Å²) in [5.74, 6) is -0.208. The number of hydrogen-bond donors (Lipinski definition) is 1. The molecule has 0 bridgehead atoms. The number of nitrogens with one attached hydrogen (secondary N) is 1. The number of nitrogens with zero attached hydrogens (tertiary/aromatic N) is 2. The van der Waals surface area contributed by atoms with E-state index in [4.69, 9.17) is 0 Å². The molecule has 0 saturated heterocycles. The maximum atomic E-state index is 12.0. The van der Waals surface area contributed by atoms with Crippen LogP contribution in [-0.2, 0) is 13.6 Å². The summed E-state index contributed by atoms with van der Waals surface area (Å²) in [6.45, 7) is 1.41. The first-order valence-electron chi connectivity index (χ1n) is 7.64. The molecule has 0 aliphatic carbocycles. The number of aromatic nitrogens is 2. The van der Waals surface area contributed by atoms with Gasteiger partial charge in [-0.05, 0) is 30.0 Å². The van der Waals surface area contributed by atoms with Crippen LogP contribution in [0.4, 0.5) is 0 Å². The van der Waals surface area contributed by atoms with Crippen molar-refractivity contribution in [3.8, 4) is 0 Å². The van der Waals surface area contributed by atoms with Crippen molar-refractivity contribution < 1.29 is 4.79 Å². The van der Waals surface area contributed by atoms with Gasteiger partial charge in [-0.1, -0.05) is 18.2 Å². The number of para-hydroxylation sites is 1. The van der Waals surface area contributed by atoms with Gasteiger partial charge in [-0.3, -0.25) is 9.59 Å². The van der Waals surface area contributed by atoms with Crippen LogP contribution in [0.15, 0.2) is 59.7 Å². The number of pyridine rings is 1. The molecule has 1 N–H and O–H groups in total. The second-order valence-electron chi connectivity index (χ2n) is 5.54. The molecule has 0 atom stereocenters. The fourth-order valence-corrected chi connectivity index (χ4v) is 2.58. The number of carbonyl (C=O) groups excluding carboxylic acids is 1. The van der Waals surface area contributed by atoms with Gasteiger partial charge in [0.2, 0.25) is 0 Å². The standard InChI is InChI=1S/C18H19N3O2/c1-20-11-7-15(13-17(20)22)18(23)19-9-4-10-21-12-8-14-5-2-3-6-16(14)21/h2-3,5-8,11-13H,4,9-10H2,1H3,(H,19,23). The first kappa shape index (κ1) is 15.1. The van der Waals surface area contributed by atoms with Crippen LogP contribution in [0.1, 0.15) is 16.8 Å². The molecule has 0 aliphatic heterocycles. The van der Waals surface area contributed by atoms with Crippen molar-refractivity contribution >= 4 is 16.8 Å². The van der Waals surface area contributed by atoms with Crippen molar-refractivity contribution in [2.45, 2.75) is 13.0 Å². The van der Waals surface area contributed by atoms with Gasteiger partial charge in [-0.2, -0.15) is 0 Å². The molecule has 5 heteroatoms. The molecular weight excluding hydrogens is 290 g/mol. The lowest BCUT2D eigenvalue weighted by Gasteiger charge is -2.07. The molecule has 5 nitrogen and oxygen atoms in total. The van der Waals surface area contributed by atoms with Crippen LogP contribution in [0, 0.1) is 0 Å². The molecule has 3 rings (SSSR count). The van der Waals surface area contributed by atoms with Crippen molar-refractivity contribution in [1.82, 2.24) is 14.5 Å². The van der Waals surface area contributed by atoms with Gasteiger partial charge in [0.15, 0.2) is 0 Å². The third-order valence-electron chi connectivity index (χ3n) is 3.91. The summed E-state index contributed by atoms with van der Waals surface area (Å²) in [5.41, 5.74) is 1.42. The number of hydrogen-bond acceptors (Lipinski definition) is 2. The summed E-state index contributed by atoms with van der Waals surface area (Å²) in [4.78, 5) is 23.5. The normalized spacial score (nSPS) is 10.8. The molecule has 23 heavy (non-hydrogen) atoms. The monoisotopic (exact) mass is 309 g/mol. The third kappa shape index (κ3) is 3.34. The van der Waals surface area contributed by atoms with Crippen LogP contribution in [0.3, 0.4) is 0 Å².